The van der Waals surface area contributed by atoms with Crippen LogP contribution in [0.3, 0.4) is 0 Å². The number of carbonyl (C=O) groups excluding carboxylic acids is 1. The number of benzene rings is 2. The number of phosphoric ester groups is 1. The molecule has 1 amide bonds. The van der Waals surface area contributed by atoms with Gasteiger partial charge in [0.1, 0.15) is 19.1 Å². The minimum Gasteiger partial charge on any atom is -0.368 e. The number of fused-ring (bicyclic) bond motifs is 7. The van der Waals surface area contributed by atoms with Crippen LogP contribution in [0.25, 0.3) is 11.2 Å². The molecule has 4 aliphatic rings. The zero-order valence-corrected chi connectivity index (χ0v) is 46.6. The van der Waals surface area contributed by atoms with Crippen molar-refractivity contribution in [2.45, 2.75) is 124 Å². The number of phosphoric acid groups is 3. The first kappa shape index (κ1) is 58.5. The lowest BCUT2D eigenvalue weighted by molar-refractivity contribution is -0.438. The van der Waals surface area contributed by atoms with E-state index in [1.54, 1.807) is 16.7 Å². The number of allylic oxidation sites excluding steroid dienone is 4. The third kappa shape index (κ3) is 13.4. The van der Waals surface area contributed by atoms with E-state index in [0.717, 1.165) is 54.9 Å². The highest BCUT2D eigenvalue weighted by Gasteiger charge is 2.56. The van der Waals surface area contributed by atoms with Crippen LogP contribution in [-0.4, -0.2) is 120 Å². The second kappa shape index (κ2) is 22.9. The lowest BCUT2D eigenvalue weighted by atomic mass is 9.64. The van der Waals surface area contributed by atoms with Gasteiger partial charge in [-0.25, -0.2) is 28.6 Å². The Bertz CT molecular complexity index is 3410. The summed E-state index contributed by atoms with van der Waals surface area (Å²) in [5.41, 5.74) is 4.18. The number of hydrogen-bond donors (Lipinski definition) is 8. The molecule has 1 saturated heterocycles. The molecular weight excluding hydrogens is 1110 g/mol. The Morgan fingerprint density at radius 2 is 1.53 bits per heavy atom. The van der Waals surface area contributed by atoms with Crippen molar-refractivity contribution in [3.8, 4) is 0 Å². The standard InChI is InChI=1S/C46H61N8O18P3S2/c1-4-52-36-19-17-32(76(63,64)65)25-34(36)45(2)28-46(3)35-26-33(77(66,67)68)18-20-37(35)53(39(46)14-12-13-38(45)52)24-11-7-8-15-40(55)47-22-9-5-6-10-23-48-43-42-44(50-29-49-43)54(30-51-42)41-21-16-31(70-41)27-69-74(59,60)72-75(61,62)71-73(56,57)58/h12-14,17-20,25-26,29-31,41H,4-11,15-16,21-24,27-28H2,1-3H3,(H7-,47,48,49,50,55,56,57,58,59,60,61,62,63,64,65,66,67,68)/p+1/t31-,41+,45?,46?/m0/s1. The van der Waals surface area contributed by atoms with Crippen molar-refractivity contribution in [3.63, 3.8) is 0 Å². The molecule has 2 aromatic carbocycles. The number of aromatic nitrogens is 4. The molecule has 420 valence electrons. The molecule has 26 nitrogen and oxygen atoms in total. The summed E-state index contributed by atoms with van der Waals surface area (Å²) in [5.74, 6) is 0.461. The molecule has 4 aromatic rings. The van der Waals surface area contributed by atoms with Crippen molar-refractivity contribution in [2.75, 3.05) is 43.0 Å². The summed E-state index contributed by atoms with van der Waals surface area (Å²) in [5, 5.41) is 6.30. The van der Waals surface area contributed by atoms with Gasteiger partial charge in [0.2, 0.25) is 11.6 Å². The molecule has 0 bridgehead atoms. The summed E-state index contributed by atoms with van der Waals surface area (Å²) in [4.78, 5) is 64.2. The second-order valence-electron chi connectivity index (χ2n) is 19.6. The fourth-order valence-electron chi connectivity index (χ4n) is 10.8. The third-order valence-corrected chi connectivity index (χ3v) is 19.6. The van der Waals surface area contributed by atoms with E-state index < -0.39 is 73.5 Å². The van der Waals surface area contributed by atoms with Crippen LogP contribution < -0.4 is 15.5 Å². The molecule has 5 heterocycles. The van der Waals surface area contributed by atoms with Gasteiger partial charge in [0.25, 0.3) is 20.2 Å². The predicted octanol–water partition coefficient (Wildman–Crippen LogP) is 6.69. The molecule has 8 rings (SSSR count). The summed E-state index contributed by atoms with van der Waals surface area (Å²) in [6, 6.07) is 9.22. The Balaban J connectivity index is 0.778. The van der Waals surface area contributed by atoms with E-state index in [1.807, 2.05) is 39.0 Å². The van der Waals surface area contributed by atoms with Gasteiger partial charge in [-0.15, -0.1) is 0 Å². The van der Waals surface area contributed by atoms with Gasteiger partial charge in [0.05, 0.1) is 34.2 Å². The van der Waals surface area contributed by atoms with Crippen LogP contribution in [0, 0.1) is 0 Å². The van der Waals surface area contributed by atoms with Gasteiger partial charge in [-0.3, -0.25) is 23.0 Å². The Morgan fingerprint density at radius 1 is 0.844 bits per heavy atom. The molecule has 2 aromatic heterocycles. The Morgan fingerprint density at radius 3 is 2.23 bits per heavy atom. The summed E-state index contributed by atoms with van der Waals surface area (Å²) < 4.78 is 126. The molecule has 3 aliphatic heterocycles. The minimum absolute atomic E-state index is 0.0410. The lowest BCUT2D eigenvalue weighted by Crippen LogP contribution is -2.41. The first-order chi connectivity index (χ1) is 36.1. The number of amides is 1. The number of nitrogens with one attached hydrogen (secondary N) is 2. The Labute approximate surface area is 444 Å². The number of anilines is 2. The molecule has 77 heavy (non-hydrogen) atoms. The van der Waals surface area contributed by atoms with Crippen LogP contribution in [0.1, 0.15) is 109 Å². The van der Waals surface area contributed by atoms with Gasteiger partial charge in [-0.05, 0) is 108 Å². The van der Waals surface area contributed by atoms with Crippen LogP contribution in [0.4, 0.5) is 17.2 Å². The van der Waals surface area contributed by atoms with E-state index in [4.69, 9.17) is 19.0 Å². The van der Waals surface area contributed by atoms with Crippen molar-refractivity contribution >= 4 is 83.7 Å². The lowest BCUT2D eigenvalue weighted by Gasteiger charge is -2.37. The van der Waals surface area contributed by atoms with Crippen molar-refractivity contribution in [1.29, 1.82) is 0 Å². The van der Waals surface area contributed by atoms with Gasteiger partial charge in [0.15, 0.2) is 22.7 Å². The number of likely N-dealkylation sites (N-methyl/N-ethyl adjacent to an activating group) is 1. The number of rotatable bonds is 25. The van der Waals surface area contributed by atoms with Crippen molar-refractivity contribution in [1.82, 2.24) is 24.8 Å². The summed E-state index contributed by atoms with van der Waals surface area (Å²) >= 11 is 0. The van der Waals surface area contributed by atoms with Crippen LogP contribution in [0.5, 0.6) is 0 Å². The average Bonchev–Trinajstić information content (AvgIpc) is 4.08. The number of nitrogens with zero attached hydrogens (tertiary/aromatic N) is 6. The van der Waals surface area contributed by atoms with Gasteiger partial charge < -0.3 is 39.8 Å². The van der Waals surface area contributed by atoms with Crippen LogP contribution in [-0.2, 0) is 67.4 Å². The van der Waals surface area contributed by atoms with Crippen molar-refractivity contribution in [3.05, 3.63) is 84.1 Å². The summed E-state index contributed by atoms with van der Waals surface area (Å²) in [6.45, 7) is 7.76. The van der Waals surface area contributed by atoms with E-state index in [9.17, 15) is 54.2 Å². The molecular formula is C46H62N8O18P3S2+. The monoisotopic (exact) mass is 1170 g/mol. The van der Waals surface area contributed by atoms with E-state index >= 15 is 0 Å². The molecule has 0 spiro atoms. The first-order valence-electron chi connectivity index (χ1n) is 24.8. The molecule has 8 N–H and O–H groups in total. The Hall–Kier alpha value is -4.60. The van der Waals surface area contributed by atoms with Crippen LogP contribution >= 0.6 is 23.5 Å². The molecule has 0 saturated carbocycles. The SMILES string of the molecule is CCN1/C2=C/C=C/C3=[N+](CCCCCC(=O)NCCCCCCNc4ncnc5c4ncn5[C@H]4CC[C@@H](COP(=O)(O)OP(=O)(O)OP(=O)(O)O)O4)c4ccc(S(=O)(=O)O)cc4C3(C)CC2(C)c2cc(S(=O)(=O)O)ccc21. The normalized spacial score (nSPS) is 24.0. The fourth-order valence-corrected chi connectivity index (χ4v) is 14.9. The van der Waals surface area contributed by atoms with Crippen LogP contribution in [0.2, 0.25) is 0 Å². The zero-order valence-electron chi connectivity index (χ0n) is 42.2. The van der Waals surface area contributed by atoms with E-state index in [0.29, 0.717) is 92.8 Å². The maximum absolute atomic E-state index is 12.8. The second-order valence-corrected chi connectivity index (χ2v) is 26.8. The maximum Gasteiger partial charge on any atom is 0.490 e. The topological polar surface area (TPSA) is 369 Å². The smallest absolute Gasteiger partial charge is 0.368 e. The molecule has 6 atom stereocenters. The highest BCUT2D eigenvalue weighted by Crippen LogP contribution is 2.66. The van der Waals surface area contributed by atoms with Gasteiger partial charge >= 0.3 is 23.5 Å². The van der Waals surface area contributed by atoms with Gasteiger partial charge in [-0.1, -0.05) is 18.9 Å². The number of hydrogen-bond acceptors (Lipinski definition) is 17. The number of imidazole rings is 1. The van der Waals surface area contributed by atoms with E-state index in [-0.39, 0.29) is 15.7 Å². The molecule has 1 fully saturated rings. The quantitative estimate of drug-likeness (QED) is 0.0148. The van der Waals surface area contributed by atoms with E-state index in [2.05, 4.69) is 43.7 Å². The first-order valence-corrected chi connectivity index (χ1v) is 32.2. The van der Waals surface area contributed by atoms with E-state index in [1.165, 1.54) is 36.9 Å². The summed E-state index contributed by atoms with van der Waals surface area (Å²) in [6.07, 6.45) is 14.4. The number of unbranched alkanes of at least 4 members (excludes halogenated alkanes) is 5. The minimum atomic E-state index is -5.65. The highest BCUT2D eigenvalue weighted by atomic mass is 32.2. The summed E-state index contributed by atoms with van der Waals surface area (Å²) in [7, 11) is -25.6. The predicted molar refractivity (Wildman–Crippen MR) is 279 cm³/mol. The van der Waals surface area contributed by atoms with Crippen molar-refractivity contribution < 1.29 is 86.5 Å². The molecule has 4 unspecified atom stereocenters. The number of carbonyl (C=O) groups is 1. The molecule has 31 heteroatoms. The zero-order chi connectivity index (χ0) is 55.8. The number of ether oxygens (including phenoxy) is 1. The van der Waals surface area contributed by atoms with Crippen molar-refractivity contribution in [2.24, 2.45) is 0 Å². The molecule has 1 aliphatic carbocycles. The largest absolute Gasteiger partial charge is 0.490 e. The average molecular weight is 1170 g/mol. The fraction of sp³-hybridized carbons (Fsp3) is 0.500. The van der Waals surface area contributed by atoms with Gasteiger partial charge in [0, 0.05) is 67.0 Å². The third-order valence-electron chi connectivity index (χ3n) is 14.1. The van der Waals surface area contributed by atoms with Gasteiger partial charge in [-0.2, -0.15) is 30.0 Å². The van der Waals surface area contributed by atoms with Crippen LogP contribution in [0.15, 0.2) is 82.8 Å². The highest BCUT2D eigenvalue weighted by molar-refractivity contribution is 7.86. The molecule has 0 radical (unpaired) electrons. The maximum atomic E-state index is 12.8. The Kier molecular flexibility index (Phi) is 17.4.